The van der Waals surface area contributed by atoms with Gasteiger partial charge in [-0.1, -0.05) is 30.3 Å². The van der Waals surface area contributed by atoms with Crippen molar-refractivity contribution in [3.05, 3.63) is 35.9 Å². The molecular formula is C16H23NO3. The first-order chi connectivity index (χ1) is 9.47. The smallest absolute Gasteiger partial charge is 0.410 e. The fourth-order valence-corrected chi connectivity index (χ4v) is 2.58. The van der Waals surface area contributed by atoms with Gasteiger partial charge in [0.2, 0.25) is 0 Å². The molecule has 0 saturated carbocycles. The van der Waals surface area contributed by atoms with Crippen LogP contribution in [-0.2, 0) is 11.3 Å². The second-order valence-corrected chi connectivity index (χ2v) is 5.96. The maximum absolute atomic E-state index is 12.0. The number of carbonyl (C=O) groups excluding carboxylic acids is 1. The van der Waals surface area contributed by atoms with E-state index >= 15 is 0 Å². The van der Waals surface area contributed by atoms with E-state index in [0.717, 1.165) is 18.4 Å². The van der Waals surface area contributed by atoms with Crippen LogP contribution in [-0.4, -0.2) is 34.8 Å². The van der Waals surface area contributed by atoms with E-state index in [0.29, 0.717) is 19.7 Å². The van der Waals surface area contributed by atoms with Crippen molar-refractivity contribution in [2.75, 3.05) is 13.1 Å². The summed E-state index contributed by atoms with van der Waals surface area (Å²) in [6.07, 6.45) is 1.39. The molecule has 0 radical (unpaired) electrons. The van der Waals surface area contributed by atoms with Gasteiger partial charge in [-0.2, -0.15) is 0 Å². The van der Waals surface area contributed by atoms with Crippen molar-refractivity contribution in [3.63, 3.8) is 0 Å². The molecule has 1 fully saturated rings. The van der Waals surface area contributed by atoms with Crippen molar-refractivity contribution in [2.45, 2.75) is 38.9 Å². The molecule has 20 heavy (non-hydrogen) atoms. The average Bonchev–Trinajstić information content (AvgIpc) is 2.45. The van der Waals surface area contributed by atoms with E-state index in [4.69, 9.17) is 4.74 Å². The van der Waals surface area contributed by atoms with Gasteiger partial charge in [0.05, 0.1) is 5.60 Å². The topological polar surface area (TPSA) is 49.8 Å². The summed E-state index contributed by atoms with van der Waals surface area (Å²) in [5.41, 5.74) is 0.326. The maximum Gasteiger partial charge on any atom is 0.410 e. The second-order valence-electron chi connectivity index (χ2n) is 5.96. The van der Waals surface area contributed by atoms with Gasteiger partial charge in [-0.05, 0) is 38.2 Å². The van der Waals surface area contributed by atoms with E-state index in [9.17, 15) is 9.90 Å². The number of ether oxygens (including phenoxy) is 1. The van der Waals surface area contributed by atoms with Gasteiger partial charge in [-0.15, -0.1) is 0 Å². The molecule has 1 aliphatic heterocycles. The summed E-state index contributed by atoms with van der Waals surface area (Å²) in [6.45, 7) is 5.29. The summed E-state index contributed by atoms with van der Waals surface area (Å²) in [5, 5.41) is 9.98. The largest absolute Gasteiger partial charge is 0.445 e. The molecule has 1 aromatic carbocycles. The highest BCUT2D eigenvalue weighted by atomic mass is 16.6. The first-order valence-electron chi connectivity index (χ1n) is 7.15. The van der Waals surface area contributed by atoms with Gasteiger partial charge < -0.3 is 14.7 Å². The molecule has 0 unspecified atom stereocenters. The fraction of sp³-hybridized carbons (Fsp3) is 0.562. The van der Waals surface area contributed by atoms with Crippen molar-refractivity contribution in [1.29, 1.82) is 0 Å². The molecule has 4 nitrogen and oxygen atoms in total. The highest BCUT2D eigenvalue weighted by Crippen LogP contribution is 2.28. The van der Waals surface area contributed by atoms with E-state index in [-0.39, 0.29) is 12.0 Å². The third kappa shape index (κ3) is 3.97. The Morgan fingerprint density at radius 3 is 2.45 bits per heavy atom. The summed E-state index contributed by atoms with van der Waals surface area (Å²) in [4.78, 5) is 13.7. The molecule has 110 valence electrons. The number of nitrogens with zero attached hydrogens (tertiary/aromatic N) is 1. The van der Waals surface area contributed by atoms with E-state index < -0.39 is 5.60 Å². The number of carbonyl (C=O) groups is 1. The molecule has 1 saturated heterocycles. The van der Waals surface area contributed by atoms with Crippen LogP contribution in [0.5, 0.6) is 0 Å². The minimum atomic E-state index is -0.667. The summed E-state index contributed by atoms with van der Waals surface area (Å²) in [6, 6.07) is 9.67. The van der Waals surface area contributed by atoms with E-state index in [2.05, 4.69) is 0 Å². The Morgan fingerprint density at radius 1 is 1.30 bits per heavy atom. The fourth-order valence-electron chi connectivity index (χ4n) is 2.58. The highest BCUT2D eigenvalue weighted by molar-refractivity contribution is 5.67. The highest BCUT2D eigenvalue weighted by Gasteiger charge is 2.32. The first kappa shape index (κ1) is 14.9. The summed E-state index contributed by atoms with van der Waals surface area (Å²) >= 11 is 0. The standard InChI is InChI=1S/C16H23NO3/c1-16(2,19)14-8-10-17(11-9-14)15(18)20-12-13-6-4-3-5-7-13/h3-7,14,19H,8-12H2,1-2H3. The van der Waals surface area contributed by atoms with Crippen LogP contribution in [0, 0.1) is 5.92 Å². The monoisotopic (exact) mass is 277 g/mol. The van der Waals surface area contributed by atoms with Crippen molar-refractivity contribution >= 4 is 6.09 Å². The SMILES string of the molecule is CC(C)(O)C1CCN(C(=O)OCc2ccccc2)CC1. The van der Waals surface area contributed by atoms with Crippen molar-refractivity contribution in [2.24, 2.45) is 5.92 Å². The molecule has 2 rings (SSSR count). The lowest BCUT2D eigenvalue weighted by atomic mass is 9.83. The molecule has 0 aliphatic carbocycles. The molecule has 1 aromatic rings. The maximum atomic E-state index is 12.0. The molecule has 0 aromatic heterocycles. The summed E-state index contributed by atoms with van der Waals surface area (Å²) in [7, 11) is 0. The number of rotatable bonds is 3. The molecule has 1 heterocycles. The summed E-state index contributed by atoms with van der Waals surface area (Å²) < 4.78 is 5.31. The zero-order valence-electron chi connectivity index (χ0n) is 12.2. The molecule has 0 bridgehead atoms. The number of benzene rings is 1. The summed E-state index contributed by atoms with van der Waals surface area (Å²) in [5.74, 6) is 0.251. The first-order valence-corrected chi connectivity index (χ1v) is 7.15. The van der Waals surface area contributed by atoms with Crippen LogP contribution in [0.4, 0.5) is 4.79 Å². The Balaban J connectivity index is 1.78. The Morgan fingerprint density at radius 2 is 1.90 bits per heavy atom. The number of hydrogen-bond acceptors (Lipinski definition) is 3. The third-order valence-corrected chi connectivity index (χ3v) is 3.96. The molecule has 0 atom stereocenters. The Kier molecular flexibility index (Phi) is 4.65. The van der Waals surface area contributed by atoms with Gasteiger partial charge in [0.25, 0.3) is 0 Å². The zero-order valence-corrected chi connectivity index (χ0v) is 12.2. The van der Waals surface area contributed by atoms with Gasteiger partial charge >= 0.3 is 6.09 Å². The zero-order chi connectivity index (χ0) is 14.6. The van der Waals surface area contributed by atoms with Gasteiger partial charge in [0.15, 0.2) is 0 Å². The number of aliphatic hydroxyl groups is 1. The lowest BCUT2D eigenvalue weighted by Crippen LogP contribution is -2.44. The predicted molar refractivity (Wildman–Crippen MR) is 77.2 cm³/mol. The number of hydrogen-bond donors (Lipinski definition) is 1. The van der Waals surface area contributed by atoms with Crippen molar-refractivity contribution < 1.29 is 14.6 Å². The van der Waals surface area contributed by atoms with Gasteiger partial charge in [-0.3, -0.25) is 0 Å². The second kappa shape index (κ2) is 6.27. The Bertz CT molecular complexity index is 431. The van der Waals surface area contributed by atoms with Gasteiger partial charge in [0.1, 0.15) is 6.61 Å². The Hall–Kier alpha value is -1.55. The molecule has 1 aliphatic rings. The molecule has 1 amide bonds. The number of amides is 1. The van der Waals surface area contributed by atoms with E-state index in [1.165, 1.54) is 0 Å². The quantitative estimate of drug-likeness (QED) is 0.924. The normalized spacial score (nSPS) is 17.1. The number of likely N-dealkylation sites (tertiary alicyclic amines) is 1. The van der Waals surface area contributed by atoms with E-state index in [1.807, 2.05) is 44.2 Å². The molecule has 1 N–H and O–H groups in total. The van der Waals surface area contributed by atoms with Crippen LogP contribution in [0.3, 0.4) is 0 Å². The lowest BCUT2D eigenvalue weighted by Gasteiger charge is -2.37. The van der Waals surface area contributed by atoms with Crippen molar-refractivity contribution in [3.8, 4) is 0 Å². The number of piperidine rings is 1. The Labute approximate surface area is 120 Å². The van der Waals surface area contributed by atoms with Crippen LogP contribution in [0.2, 0.25) is 0 Å². The van der Waals surface area contributed by atoms with Gasteiger partial charge in [0, 0.05) is 13.1 Å². The minimum absolute atomic E-state index is 0.251. The average molecular weight is 277 g/mol. The predicted octanol–water partition coefficient (Wildman–Crippen LogP) is 2.81. The third-order valence-electron chi connectivity index (χ3n) is 3.96. The lowest BCUT2D eigenvalue weighted by molar-refractivity contribution is -0.0134. The molecular weight excluding hydrogens is 254 g/mol. The molecule has 4 heteroatoms. The van der Waals surface area contributed by atoms with Crippen LogP contribution >= 0.6 is 0 Å². The van der Waals surface area contributed by atoms with Crippen LogP contribution in [0.25, 0.3) is 0 Å². The molecule has 0 spiro atoms. The van der Waals surface area contributed by atoms with Crippen LogP contribution < -0.4 is 0 Å². The minimum Gasteiger partial charge on any atom is -0.445 e. The van der Waals surface area contributed by atoms with Crippen LogP contribution in [0.15, 0.2) is 30.3 Å². The van der Waals surface area contributed by atoms with Gasteiger partial charge in [-0.25, -0.2) is 4.79 Å². The van der Waals surface area contributed by atoms with E-state index in [1.54, 1.807) is 4.90 Å². The van der Waals surface area contributed by atoms with Crippen molar-refractivity contribution in [1.82, 2.24) is 4.90 Å². The van der Waals surface area contributed by atoms with Crippen LogP contribution in [0.1, 0.15) is 32.3 Å².